The van der Waals surface area contributed by atoms with Crippen LogP contribution in [0.4, 0.5) is 0 Å². The van der Waals surface area contributed by atoms with E-state index < -0.39 is 6.04 Å². The molecule has 6 heteroatoms. The first kappa shape index (κ1) is 16.7. The van der Waals surface area contributed by atoms with Crippen LogP contribution in [0.5, 0.6) is 0 Å². The van der Waals surface area contributed by atoms with E-state index in [0.717, 1.165) is 0 Å². The number of thioether (sulfide) groups is 1. The minimum absolute atomic E-state index is 0.0778. The normalized spacial score (nSPS) is 19.8. The predicted molar refractivity (Wildman–Crippen MR) is 88.1 cm³/mol. The van der Waals surface area contributed by atoms with Crippen LogP contribution in [-0.4, -0.2) is 40.4 Å². The van der Waals surface area contributed by atoms with Gasteiger partial charge in [-0.15, -0.1) is 11.8 Å². The molecule has 1 aromatic rings. The molecule has 0 aliphatic carbocycles. The molecule has 2 heterocycles. The van der Waals surface area contributed by atoms with E-state index in [4.69, 9.17) is 4.42 Å². The second-order valence-corrected chi connectivity index (χ2v) is 6.71. The van der Waals surface area contributed by atoms with E-state index in [1.54, 1.807) is 41.1 Å². The van der Waals surface area contributed by atoms with Gasteiger partial charge in [-0.3, -0.25) is 9.59 Å². The van der Waals surface area contributed by atoms with Crippen LogP contribution in [0.25, 0.3) is 6.08 Å². The molecule has 0 unspecified atom stereocenters. The summed E-state index contributed by atoms with van der Waals surface area (Å²) in [6.45, 7) is 6.10. The molecule has 1 aliphatic heterocycles. The van der Waals surface area contributed by atoms with E-state index >= 15 is 0 Å². The molecule has 0 bridgehead atoms. The highest BCUT2D eigenvalue weighted by Crippen LogP contribution is 2.22. The molecule has 0 spiro atoms. The van der Waals surface area contributed by atoms with E-state index in [2.05, 4.69) is 19.2 Å². The predicted octanol–water partition coefficient (Wildman–Crippen LogP) is 2.36. The number of furan rings is 1. The standard InChI is InChI=1S/C16H22N2O3S/c1-11(2)12(3)17-16(20)14-9-22-10-18(14)15(19)7-6-13-5-4-8-21-13/h4-8,11-12,14H,9-10H2,1-3H3,(H,17,20)/b7-6+/t12-,14-/m1/s1. The second kappa shape index (κ2) is 7.54. The molecule has 0 aromatic carbocycles. The Labute approximate surface area is 135 Å². The highest BCUT2D eigenvalue weighted by atomic mass is 32.2. The fourth-order valence-electron chi connectivity index (χ4n) is 2.00. The molecule has 1 saturated heterocycles. The number of rotatable bonds is 5. The zero-order chi connectivity index (χ0) is 16.1. The van der Waals surface area contributed by atoms with Gasteiger partial charge in [-0.05, 0) is 31.1 Å². The summed E-state index contributed by atoms with van der Waals surface area (Å²) in [5.74, 6) is 1.91. The second-order valence-electron chi connectivity index (χ2n) is 5.71. The molecule has 2 atom stereocenters. The average molecular weight is 322 g/mol. The lowest BCUT2D eigenvalue weighted by atomic mass is 10.1. The van der Waals surface area contributed by atoms with Crippen LogP contribution in [0.15, 0.2) is 28.9 Å². The number of amides is 2. The van der Waals surface area contributed by atoms with Crippen LogP contribution in [0.3, 0.4) is 0 Å². The van der Waals surface area contributed by atoms with Crippen molar-refractivity contribution in [3.05, 3.63) is 30.2 Å². The van der Waals surface area contributed by atoms with Crippen molar-refractivity contribution in [3.63, 3.8) is 0 Å². The monoisotopic (exact) mass is 322 g/mol. The zero-order valence-corrected chi connectivity index (χ0v) is 13.9. The van der Waals surface area contributed by atoms with Crippen LogP contribution in [-0.2, 0) is 9.59 Å². The molecule has 1 aliphatic rings. The number of nitrogens with one attached hydrogen (secondary N) is 1. The third-order valence-electron chi connectivity index (χ3n) is 3.77. The van der Waals surface area contributed by atoms with Crippen molar-refractivity contribution in [3.8, 4) is 0 Å². The summed E-state index contributed by atoms with van der Waals surface area (Å²) in [6, 6.07) is 3.23. The van der Waals surface area contributed by atoms with E-state index in [9.17, 15) is 9.59 Å². The quantitative estimate of drug-likeness (QED) is 0.845. The summed E-state index contributed by atoms with van der Waals surface area (Å²) in [5.41, 5.74) is 0. The molecular formula is C16H22N2O3S. The van der Waals surface area contributed by atoms with Crippen molar-refractivity contribution >= 4 is 29.7 Å². The third-order valence-corrected chi connectivity index (χ3v) is 4.78. The van der Waals surface area contributed by atoms with Gasteiger partial charge >= 0.3 is 0 Å². The Morgan fingerprint density at radius 2 is 2.23 bits per heavy atom. The Kier molecular flexibility index (Phi) is 5.71. The summed E-state index contributed by atoms with van der Waals surface area (Å²) in [7, 11) is 0. The maximum atomic E-state index is 12.3. The van der Waals surface area contributed by atoms with Crippen LogP contribution in [0, 0.1) is 5.92 Å². The lowest BCUT2D eigenvalue weighted by Crippen LogP contribution is -2.50. The summed E-state index contributed by atoms with van der Waals surface area (Å²) in [5, 5.41) is 2.99. The van der Waals surface area contributed by atoms with Gasteiger partial charge in [-0.2, -0.15) is 0 Å². The van der Waals surface area contributed by atoms with Crippen molar-refractivity contribution < 1.29 is 14.0 Å². The smallest absolute Gasteiger partial charge is 0.248 e. The molecule has 1 N–H and O–H groups in total. The van der Waals surface area contributed by atoms with Crippen molar-refractivity contribution in [1.82, 2.24) is 10.2 Å². The molecule has 0 radical (unpaired) electrons. The number of carbonyl (C=O) groups is 2. The molecule has 1 aromatic heterocycles. The van der Waals surface area contributed by atoms with Crippen molar-refractivity contribution in [2.75, 3.05) is 11.6 Å². The average Bonchev–Trinajstić information content (AvgIpc) is 3.15. The highest BCUT2D eigenvalue weighted by molar-refractivity contribution is 7.99. The number of hydrogen-bond acceptors (Lipinski definition) is 4. The fraction of sp³-hybridized carbons (Fsp3) is 0.500. The van der Waals surface area contributed by atoms with Gasteiger partial charge in [0, 0.05) is 17.9 Å². The largest absolute Gasteiger partial charge is 0.465 e. The van der Waals surface area contributed by atoms with Gasteiger partial charge in [0.25, 0.3) is 0 Å². The molecule has 2 rings (SSSR count). The van der Waals surface area contributed by atoms with Gasteiger partial charge in [0.05, 0.1) is 12.1 Å². The van der Waals surface area contributed by atoms with Crippen LogP contribution in [0.2, 0.25) is 0 Å². The Hall–Kier alpha value is -1.69. The molecule has 0 saturated carbocycles. The molecule has 2 amide bonds. The molecule has 5 nitrogen and oxygen atoms in total. The Balaban J connectivity index is 1.97. The summed E-state index contributed by atoms with van der Waals surface area (Å²) >= 11 is 1.59. The number of hydrogen-bond donors (Lipinski definition) is 1. The van der Waals surface area contributed by atoms with Crippen molar-refractivity contribution in [2.24, 2.45) is 5.92 Å². The number of nitrogens with zero attached hydrogens (tertiary/aromatic N) is 1. The lowest BCUT2D eigenvalue weighted by Gasteiger charge is -2.25. The van der Waals surface area contributed by atoms with E-state index in [-0.39, 0.29) is 17.9 Å². The van der Waals surface area contributed by atoms with Crippen LogP contribution >= 0.6 is 11.8 Å². The maximum absolute atomic E-state index is 12.3. The van der Waals surface area contributed by atoms with Crippen LogP contribution < -0.4 is 5.32 Å². The Bertz CT molecular complexity index is 540. The highest BCUT2D eigenvalue weighted by Gasteiger charge is 2.34. The van der Waals surface area contributed by atoms with Crippen molar-refractivity contribution in [1.29, 1.82) is 0 Å². The van der Waals surface area contributed by atoms with Gasteiger partial charge in [0.15, 0.2) is 0 Å². The molecule has 1 fully saturated rings. The van der Waals surface area contributed by atoms with Crippen molar-refractivity contribution in [2.45, 2.75) is 32.9 Å². The first-order valence-corrected chi connectivity index (χ1v) is 8.55. The minimum atomic E-state index is -0.403. The number of carbonyl (C=O) groups excluding carboxylic acids is 2. The summed E-state index contributed by atoms with van der Waals surface area (Å²) in [6.07, 6.45) is 4.63. The topological polar surface area (TPSA) is 62.6 Å². The van der Waals surface area contributed by atoms with E-state index in [1.807, 2.05) is 6.92 Å². The lowest BCUT2D eigenvalue weighted by molar-refractivity contribution is -0.135. The zero-order valence-electron chi connectivity index (χ0n) is 13.1. The SMILES string of the molecule is CC(C)[C@@H](C)NC(=O)[C@H]1CSCN1C(=O)/C=C/c1ccco1. The van der Waals surface area contributed by atoms with Gasteiger partial charge in [-0.25, -0.2) is 0 Å². The van der Waals surface area contributed by atoms with Crippen LogP contribution in [0.1, 0.15) is 26.5 Å². The third kappa shape index (κ3) is 4.16. The fourth-order valence-corrected chi connectivity index (χ4v) is 3.16. The summed E-state index contributed by atoms with van der Waals surface area (Å²) < 4.78 is 5.16. The van der Waals surface area contributed by atoms with Gasteiger partial charge < -0.3 is 14.6 Å². The molecule has 22 heavy (non-hydrogen) atoms. The van der Waals surface area contributed by atoms with Gasteiger partial charge in [-0.1, -0.05) is 13.8 Å². The first-order valence-electron chi connectivity index (χ1n) is 7.39. The first-order chi connectivity index (χ1) is 10.5. The Morgan fingerprint density at radius 1 is 1.45 bits per heavy atom. The molecule has 120 valence electrons. The van der Waals surface area contributed by atoms with Gasteiger partial charge in [0.1, 0.15) is 11.8 Å². The Morgan fingerprint density at radius 3 is 2.86 bits per heavy atom. The maximum Gasteiger partial charge on any atom is 0.248 e. The summed E-state index contributed by atoms with van der Waals surface area (Å²) in [4.78, 5) is 26.2. The molecular weight excluding hydrogens is 300 g/mol. The minimum Gasteiger partial charge on any atom is -0.465 e. The van der Waals surface area contributed by atoms with E-state index in [0.29, 0.717) is 23.3 Å². The van der Waals surface area contributed by atoms with Gasteiger partial charge in [0.2, 0.25) is 11.8 Å². The van der Waals surface area contributed by atoms with E-state index in [1.165, 1.54) is 6.08 Å².